The van der Waals surface area contributed by atoms with Crippen molar-refractivity contribution in [3.8, 4) is 5.69 Å². The molecule has 0 bridgehead atoms. The van der Waals surface area contributed by atoms with Gasteiger partial charge in [0.25, 0.3) is 0 Å². The number of hydrogen-bond donors (Lipinski definition) is 1. The summed E-state index contributed by atoms with van der Waals surface area (Å²) in [6.45, 7) is 6.33. The Balaban J connectivity index is 1.96. The molecule has 0 saturated heterocycles. The van der Waals surface area contributed by atoms with Crippen molar-refractivity contribution in [1.82, 2.24) is 14.5 Å². The van der Waals surface area contributed by atoms with Crippen LogP contribution in [0.3, 0.4) is 0 Å². The number of aromatic nitrogens is 3. The number of carbonyl (C=O) groups is 1. The maximum atomic E-state index is 13.0. The minimum atomic E-state index is -0.501. The summed E-state index contributed by atoms with van der Waals surface area (Å²) < 4.78 is 7.26. The molecule has 154 valence electrons. The van der Waals surface area contributed by atoms with Gasteiger partial charge in [-0.05, 0) is 42.7 Å². The predicted molar refractivity (Wildman–Crippen MR) is 120 cm³/mol. The van der Waals surface area contributed by atoms with Crippen LogP contribution in [0.4, 0.5) is 5.82 Å². The summed E-state index contributed by atoms with van der Waals surface area (Å²) >= 11 is 6.35. The van der Waals surface area contributed by atoms with Gasteiger partial charge >= 0.3 is 5.97 Å². The minimum Gasteiger partial charge on any atom is -0.462 e. The summed E-state index contributed by atoms with van der Waals surface area (Å²) in [6.07, 6.45) is 0.914. The maximum absolute atomic E-state index is 13.0. The maximum Gasteiger partial charge on any atom is 0.344 e. The Kier molecular flexibility index (Phi) is 5.35. The molecule has 7 heteroatoms. The van der Waals surface area contributed by atoms with Gasteiger partial charge in [-0.25, -0.2) is 14.8 Å². The lowest BCUT2D eigenvalue weighted by atomic mass is 10.1. The second-order valence-corrected chi connectivity index (χ2v) is 7.93. The van der Waals surface area contributed by atoms with Crippen molar-refractivity contribution >= 4 is 45.6 Å². The first-order valence-electron chi connectivity index (χ1n) is 9.91. The Morgan fingerprint density at radius 1 is 1.20 bits per heavy atom. The molecule has 0 aliphatic carbocycles. The molecule has 0 radical (unpaired) electrons. The number of fused-ring (bicyclic) bond motifs is 2. The van der Waals surface area contributed by atoms with Crippen LogP contribution in [0.2, 0.25) is 5.02 Å². The van der Waals surface area contributed by atoms with Gasteiger partial charge < -0.3 is 10.5 Å². The zero-order valence-corrected chi connectivity index (χ0v) is 17.9. The third-order valence-electron chi connectivity index (χ3n) is 5.31. The molecule has 0 aliphatic rings. The number of ether oxygens (including phenoxy) is 1. The molecule has 6 nitrogen and oxygen atoms in total. The summed E-state index contributed by atoms with van der Waals surface area (Å²) in [5, 5.41) is 0.600. The van der Waals surface area contributed by atoms with E-state index < -0.39 is 5.97 Å². The molecule has 0 aliphatic heterocycles. The Bertz CT molecular complexity index is 1270. The SMILES string of the molecule is CC[C@@H](C)COC(=O)c1c(N)n(-c2ccc(C)c(Cl)c2)c2nc3ccccc3nc12. The van der Waals surface area contributed by atoms with Crippen LogP contribution in [0, 0.1) is 12.8 Å². The minimum absolute atomic E-state index is 0.225. The van der Waals surface area contributed by atoms with Crippen LogP contribution in [0.5, 0.6) is 0 Å². The van der Waals surface area contributed by atoms with E-state index in [2.05, 4.69) is 6.92 Å². The van der Waals surface area contributed by atoms with Crippen LogP contribution >= 0.6 is 11.6 Å². The van der Waals surface area contributed by atoms with Crippen molar-refractivity contribution in [2.24, 2.45) is 5.92 Å². The monoisotopic (exact) mass is 422 g/mol. The molecule has 2 heterocycles. The number of nitrogens with two attached hydrogens (primary N) is 1. The Morgan fingerprint density at radius 2 is 1.90 bits per heavy atom. The number of halogens is 1. The van der Waals surface area contributed by atoms with Gasteiger partial charge in [-0.3, -0.25) is 4.57 Å². The van der Waals surface area contributed by atoms with E-state index in [1.165, 1.54) is 0 Å². The van der Waals surface area contributed by atoms with Crippen LogP contribution < -0.4 is 5.73 Å². The van der Waals surface area contributed by atoms with E-state index in [1.54, 1.807) is 10.6 Å². The number of para-hydroxylation sites is 2. The van der Waals surface area contributed by atoms with Crippen molar-refractivity contribution in [1.29, 1.82) is 0 Å². The molecule has 2 aromatic carbocycles. The van der Waals surface area contributed by atoms with Crippen molar-refractivity contribution in [3.05, 3.63) is 58.6 Å². The van der Waals surface area contributed by atoms with Gasteiger partial charge in [0.05, 0.1) is 23.3 Å². The van der Waals surface area contributed by atoms with Crippen LogP contribution in [-0.2, 0) is 4.74 Å². The van der Waals surface area contributed by atoms with Gasteiger partial charge in [0.1, 0.15) is 16.9 Å². The van der Waals surface area contributed by atoms with E-state index in [0.29, 0.717) is 39.5 Å². The fourth-order valence-electron chi connectivity index (χ4n) is 3.25. The standard InChI is InChI=1S/C23H23ClN4O2/c1-4-13(2)12-30-23(29)19-20-22(27-18-8-6-5-7-17(18)26-20)28(21(19)25)15-10-9-14(3)16(24)11-15/h5-11,13H,4,12,25H2,1-3H3/t13-/m1/s1. The average molecular weight is 423 g/mol. The van der Waals surface area contributed by atoms with Gasteiger partial charge in [0.15, 0.2) is 5.65 Å². The molecule has 0 fully saturated rings. The number of carbonyl (C=O) groups excluding carboxylic acids is 1. The van der Waals surface area contributed by atoms with Gasteiger partial charge in [-0.1, -0.05) is 50.1 Å². The van der Waals surface area contributed by atoms with Crippen LogP contribution in [-0.4, -0.2) is 27.1 Å². The lowest BCUT2D eigenvalue weighted by molar-refractivity contribution is 0.0450. The molecule has 2 aromatic heterocycles. The zero-order valence-electron chi connectivity index (χ0n) is 17.1. The fourth-order valence-corrected chi connectivity index (χ4v) is 3.43. The number of nitrogens with zero attached hydrogens (tertiary/aromatic N) is 3. The fraction of sp³-hybridized carbons (Fsp3) is 0.261. The molecule has 0 spiro atoms. The van der Waals surface area contributed by atoms with E-state index in [-0.39, 0.29) is 17.3 Å². The van der Waals surface area contributed by atoms with Crippen LogP contribution in [0.25, 0.3) is 27.9 Å². The Hall–Kier alpha value is -3.12. The highest BCUT2D eigenvalue weighted by Crippen LogP contribution is 2.32. The van der Waals surface area contributed by atoms with E-state index >= 15 is 0 Å². The summed E-state index contributed by atoms with van der Waals surface area (Å²) in [4.78, 5) is 22.4. The lowest BCUT2D eigenvalue weighted by Gasteiger charge is -2.11. The second kappa shape index (κ2) is 7.95. The molecule has 0 saturated carbocycles. The molecular formula is C23H23ClN4O2. The zero-order chi connectivity index (χ0) is 21.4. The highest BCUT2D eigenvalue weighted by atomic mass is 35.5. The summed E-state index contributed by atoms with van der Waals surface area (Å²) in [6, 6.07) is 13.1. The van der Waals surface area contributed by atoms with Crippen molar-refractivity contribution in [3.63, 3.8) is 0 Å². The molecule has 0 unspecified atom stereocenters. The largest absolute Gasteiger partial charge is 0.462 e. The number of esters is 1. The molecule has 30 heavy (non-hydrogen) atoms. The second-order valence-electron chi connectivity index (χ2n) is 7.53. The Morgan fingerprint density at radius 3 is 2.57 bits per heavy atom. The molecule has 0 amide bonds. The molecule has 2 N–H and O–H groups in total. The molecule has 4 aromatic rings. The van der Waals surface area contributed by atoms with Crippen LogP contribution in [0.15, 0.2) is 42.5 Å². The first kappa shape index (κ1) is 20.2. The summed E-state index contributed by atoms with van der Waals surface area (Å²) in [5.41, 5.74) is 10.6. The van der Waals surface area contributed by atoms with Crippen LogP contribution in [0.1, 0.15) is 36.2 Å². The normalized spacial score (nSPS) is 12.4. The number of anilines is 1. The third-order valence-corrected chi connectivity index (χ3v) is 5.72. The number of hydrogen-bond acceptors (Lipinski definition) is 5. The van der Waals surface area contributed by atoms with Gasteiger partial charge in [0.2, 0.25) is 0 Å². The third kappa shape index (κ3) is 3.48. The molecule has 4 rings (SSSR count). The summed E-state index contributed by atoms with van der Waals surface area (Å²) in [7, 11) is 0. The van der Waals surface area contributed by atoms with Gasteiger partial charge in [0, 0.05) is 5.02 Å². The topological polar surface area (TPSA) is 83.0 Å². The van der Waals surface area contributed by atoms with Crippen molar-refractivity contribution in [2.45, 2.75) is 27.2 Å². The van der Waals surface area contributed by atoms with E-state index in [4.69, 9.17) is 32.0 Å². The average Bonchev–Trinajstić information content (AvgIpc) is 3.02. The van der Waals surface area contributed by atoms with Gasteiger partial charge in [-0.2, -0.15) is 0 Å². The van der Waals surface area contributed by atoms with E-state index in [1.807, 2.05) is 50.2 Å². The number of benzene rings is 2. The van der Waals surface area contributed by atoms with E-state index in [9.17, 15) is 4.79 Å². The highest BCUT2D eigenvalue weighted by molar-refractivity contribution is 6.31. The first-order chi connectivity index (χ1) is 14.4. The van der Waals surface area contributed by atoms with E-state index in [0.717, 1.165) is 12.0 Å². The van der Waals surface area contributed by atoms with Crippen molar-refractivity contribution < 1.29 is 9.53 Å². The quantitative estimate of drug-likeness (QED) is 0.440. The Labute approximate surface area is 179 Å². The highest BCUT2D eigenvalue weighted by Gasteiger charge is 2.26. The van der Waals surface area contributed by atoms with Crippen molar-refractivity contribution in [2.75, 3.05) is 12.3 Å². The van der Waals surface area contributed by atoms with Gasteiger partial charge in [-0.15, -0.1) is 0 Å². The predicted octanol–water partition coefficient (Wildman–Crippen LogP) is 5.32. The number of nitrogen functional groups attached to an aromatic ring is 1. The molecular weight excluding hydrogens is 400 g/mol. The smallest absolute Gasteiger partial charge is 0.344 e. The molecule has 1 atom stereocenters. The number of aryl methyl sites for hydroxylation is 1. The lowest BCUT2D eigenvalue weighted by Crippen LogP contribution is -2.13. The summed E-state index contributed by atoms with van der Waals surface area (Å²) in [5.74, 6) is -0.0138. The first-order valence-corrected chi connectivity index (χ1v) is 10.3. The number of rotatable bonds is 5.